The predicted molar refractivity (Wildman–Crippen MR) is 160 cm³/mol. The molecule has 3 aromatic rings. The van der Waals surface area contributed by atoms with Crippen LogP contribution in [0.4, 0.5) is 17.5 Å². The van der Waals surface area contributed by atoms with Gasteiger partial charge in [0, 0.05) is 31.3 Å². The van der Waals surface area contributed by atoms with Crippen molar-refractivity contribution < 1.29 is 29.4 Å². The first-order chi connectivity index (χ1) is 20.8. The minimum absolute atomic E-state index is 0.00687. The summed E-state index contributed by atoms with van der Waals surface area (Å²) in [6.45, 7) is 0.480. The van der Waals surface area contributed by atoms with Gasteiger partial charge in [-0.15, -0.1) is 0 Å². The van der Waals surface area contributed by atoms with Gasteiger partial charge in [0.15, 0.2) is 22.9 Å². The average Bonchev–Trinajstić information content (AvgIpc) is 2.96. The number of carboxylic acids is 2. The number of nitrogens with one attached hydrogen (secondary N) is 2. The Bertz CT molecular complexity index is 1540. The van der Waals surface area contributed by atoms with Gasteiger partial charge in [0.25, 0.3) is 5.91 Å². The second-order valence-corrected chi connectivity index (χ2v) is 9.71. The number of fused-ring (bicyclic) bond motifs is 1. The smallest absolute Gasteiger partial charge is 0.326 e. The summed E-state index contributed by atoms with van der Waals surface area (Å²) in [5.41, 5.74) is 24.1. The monoisotopic (exact) mass is 610 g/mol. The zero-order valence-electron chi connectivity index (χ0n) is 23.8. The maximum Gasteiger partial charge on any atom is 0.326 e. The van der Waals surface area contributed by atoms with E-state index in [1.165, 1.54) is 18.3 Å². The number of carboxylic acid groups (broad SMARTS) is 2. The second kappa shape index (κ2) is 14.9. The maximum absolute atomic E-state index is 13.0. The van der Waals surface area contributed by atoms with Crippen molar-refractivity contribution >= 4 is 58.3 Å². The van der Waals surface area contributed by atoms with Gasteiger partial charge in [0.1, 0.15) is 12.1 Å². The lowest BCUT2D eigenvalue weighted by atomic mass is 10.1. The third-order valence-electron chi connectivity index (χ3n) is 6.30. The van der Waals surface area contributed by atoms with Crippen LogP contribution in [0.2, 0.25) is 0 Å². The molecule has 2 unspecified atom stereocenters. The zero-order valence-corrected chi connectivity index (χ0v) is 23.8. The van der Waals surface area contributed by atoms with Crippen molar-refractivity contribution in [3.8, 4) is 0 Å². The van der Waals surface area contributed by atoms with Crippen LogP contribution < -0.4 is 38.5 Å². The number of carbonyl (C=O) groups excluding carboxylic acids is 2. The van der Waals surface area contributed by atoms with E-state index in [1.54, 1.807) is 19.2 Å². The number of nitrogens with two attached hydrogens (primary N) is 4. The van der Waals surface area contributed by atoms with E-state index < -0.39 is 42.3 Å². The number of benzene rings is 1. The van der Waals surface area contributed by atoms with Crippen LogP contribution in [-0.4, -0.2) is 85.5 Å². The summed E-state index contributed by atoms with van der Waals surface area (Å²) in [6.07, 6.45) is 1.10. The number of nitrogens with zero attached hydrogens (tertiary/aromatic N) is 6. The number of guanidine groups is 1. The summed E-state index contributed by atoms with van der Waals surface area (Å²) in [6, 6.07) is 3.79. The first-order valence-corrected chi connectivity index (χ1v) is 13.3. The fraction of sp³-hybridized carbons (Fsp3) is 0.346. The Balaban J connectivity index is 1.66. The Kier molecular flexibility index (Phi) is 11.1. The van der Waals surface area contributed by atoms with Gasteiger partial charge in [-0.25, -0.2) is 14.8 Å². The Labute approximate surface area is 251 Å². The molecule has 18 nitrogen and oxygen atoms in total. The third kappa shape index (κ3) is 9.36. The van der Waals surface area contributed by atoms with Gasteiger partial charge in [-0.05, 0) is 43.5 Å². The van der Waals surface area contributed by atoms with Crippen LogP contribution in [0, 0.1) is 0 Å². The predicted octanol–water partition coefficient (Wildman–Crippen LogP) is -1.19. The fourth-order valence-corrected chi connectivity index (χ4v) is 4.07. The summed E-state index contributed by atoms with van der Waals surface area (Å²) in [7, 11) is 1.80. The fourth-order valence-electron chi connectivity index (χ4n) is 4.07. The van der Waals surface area contributed by atoms with Crippen LogP contribution in [0.3, 0.4) is 0 Å². The highest BCUT2D eigenvalue weighted by Gasteiger charge is 2.27. The Morgan fingerprint density at radius 2 is 1.68 bits per heavy atom. The summed E-state index contributed by atoms with van der Waals surface area (Å²) < 4.78 is 0. The molecular weight excluding hydrogens is 576 g/mol. The van der Waals surface area contributed by atoms with Crippen LogP contribution in [0.1, 0.15) is 41.7 Å². The molecule has 12 N–H and O–H groups in total. The SMILES string of the molecule is CN(Cc1cnc2nc(N)nc(N)c2n1)c1ccc(C(=O)NC(CCC(=O)O)C(=O)NC(CCCN=C(N)N)C(=O)O)cc1. The Hall–Kier alpha value is -5.81. The number of anilines is 3. The maximum atomic E-state index is 13.0. The molecular formula is C26H34N12O6. The van der Waals surface area contributed by atoms with E-state index in [9.17, 15) is 24.3 Å². The standard InChI is InChI=1S/C26H34N12O6/c1-38(12-14-11-32-21-19(33-14)20(27)36-26(30)37-21)15-6-4-13(5-7-15)22(41)34-16(8-9-18(39)40)23(42)35-17(24(43)44)3-2-10-31-25(28)29/h4-7,11,16-17H,2-3,8-10,12H2,1H3,(H,34,41)(H,35,42)(H,39,40)(H,43,44)(H4,28,29,31)(H4,27,30,32,36,37). The van der Waals surface area contributed by atoms with Gasteiger partial charge in [0.2, 0.25) is 11.9 Å². The topological polar surface area (TPSA) is 304 Å². The van der Waals surface area contributed by atoms with Crippen LogP contribution in [0.15, 0.2) is 35.5 Å². The molecule has 0 bridgehead atoms. The molecule has 0 aliphatic rings. The minimum Gasteiger partial charge on any atom is -0.481 e. The molecule has 2 atom stereocenters. The molecule has 0 aliphatic heterocycles. The molecule has 1 aromatic carbocycles. The Morgan fingerprint density at radius 1 is 0.977 bits per heavy atom. The summed E-state index contributed by atoms with van der Waals surface area (Å²) >= 11 is 0. The van der Waals surface area contributed by atoms with Crippen molar-refractivity contribution in [1.29, 1.82) is 0 Å². The van der Waals surface area contributed by atoms with E-state index in [-0.39, 0.29) is 54.7 Å². The Morgan fingerprint density at radius 3 is 2.32 bits per heavy atom. The summed E-state index contributed by atoms with van der Waals surface area (Å²) in [5, 5.41) is 23.5. The van der Waals surface area contributed by atoms with Crippen molar-refractivity contribution in [2.75, 3.05) is 30.0 Å². The molecule has 2 aromatic heterocycles. The van der Waals surface area contributed by atoms with E-state index in [1.807, 2.05) is 4.90 Å². The van der Waals surface area contributed by atoms with Gasteiger partial charge < -0.3 is 48.7 Å². The highest BCUT2D eigenvalue weighted by Crippen LogP contribution is 2.19. The van der Waals surface area contributed by atoms with Crippen molar-refractivity contribution in [1.82, 2.24) is 30.6 Å². The van der Waals surface area contributed by atoms with Crippen LogP contribution >= 0.6 is 0 Å². The number of hydrogen-bond acceptors (Lipinski definition) is 12. The molecule has 2 amide bonds. The molecule has 2 heterocycles. The average molecular weight is 611 g/mol. The zero-order chi connectivity index (χ0) is 32.4. The third-order valence-corrected chi connectivity index (χ3v) is 6.30. The molecule has 0 aliphatic carbocycles. The highest BCUT2D eigenvalue weighted by molar-refractivity contribution is 5.98. The first kappa shape index (κ1) is 32.7. The molecule has 3 rings (SSSR count). The summed E-state index contributed by atoms with van der Waals surface area (Å²) in [4.78, 5) is 71.0. The summed E-state index contributed by atoms with van der Waals surface area (Å²) in [5.74, 6) is -4.03. The minimum atomic E-state index is -1.31. The molecule has 0 saturated heterocycles. The first-order valence-electron chi connectivity index (χ1n) is 13.3. The largest absolute Gasteiger partial charge is 0.481 e. The number of nitrogen functional groups attached to an aromatic ring is 2. The van der Waals surface area contributed by atoms with Gasteiger partial charge in [0.05, 0.1) is 18.4 Å². The molecule has 234 valence electrons. The van der Waals surface area contributed by atoms with Gasteiger partial charge in [-0.2, -0.15) is 9.97 Å². The molecule has 0 fully saturated rings. The van der Waals surface area contributed by atoms with Gasteiger partial charge >= 0.3 is 11.9 Å². The molecule has 0 saturated carbocycles. The van der Waals surface area contributed by atoms with E-state index in [2.05, 4.69) is 35.6 Å². The van der Waals surface area contributed by atoms with E-state index >= 15 is 0 Å². The van der Waals surface area contributed by atoms with E-state index in [0.29, 0.717) is 17.8 Å². The number of aliphatic imine (C=N–C) groups is 1. The normalized spacial score (nSPS) is 12.1. The van der Waals surface area contributed by atoms with Crippen LogP contribution in [0.5, 0.6) is 0 Å². The number of aliphatic carboxylic acids is 2. The lowest BCUT2D eigenvalue weighted by molar-refractivity contribution is -0.142. The number of carbonyl (C=O) groups is 4. The number of hydrogen-bond donors (Lipinski definition) is 8. The van der Waals surface area contributed by atoms with Crippen molar-refractivity contribution in [3.05, 3.63) is 41.7 Å². The lowest BCUT2D eigenvalue weighted by Gasteiger charge is -2.22. The molecule has 18 heteroatoms. The van der Waals surface area contributed by atoms with Gasteiger partial charge in [-0.1, -0.05) is 0 Å². The van der Waals surface area contributed by atoms with Crippen molar-refractivity contribution in [2.24, 2.45) is 16.5 Å². The molecule has 44 heavy (non-hydrogen) atoms. The lowest BCUT2D eigenvalue weighted by Crippen LogP contribution is -2.51. The quantitative estimate of drug-likeness (QED) is 0.0569. The molecule has 0 spiro atoms. The van der Waals surface area contributed by atoms with Gasteiger partial charge in [-0.3, -0.25) is 19.4 Å². The second-order valence-electron chi connectivity index (χ2n) is 9.71. The number of aromatic nitrogens is 4. The highest BCUT2D eigenvalue weighted by atomic mass is 16.4. The van der Waals surface area contributed by atoms with E-state index in [4.69, 9.17) is 28.0 Å². The van der Waals surface area contributed by atoms with Crippen molar-refractivity contribution in [3.63, 3.8) is 0 Å². The molecule has 0 radical (unpaired) electrons. The van der Waals surface area contributed by atoms with Crippen LogP contribution in [-0.2, 0) is 20.9 Å². The number of rotatable bonds is 15. The van der Waals surface area contributed by atoms with Crippen molar-refractivity contribution in [2.45, 2.75) is 44.3 Å². The van der Waals surface area contributed by atoms with E-state index in [0.717, 1.165) is 5.69 Å². The number of amides is 2. The van der Waals surface area contributed by atoms with Crippen LogP contribution in [0.25, 0.3) is 11.2 Å².